The lowest BCUT2D eigenvalue weighted by Crippen LogP contribution is -2.24. The third kappa shape index (κ3) is 6.50. The summed E-state index contributed by atoms with van der Waals surface area (Å²) < 4.78 is 13.4. The molecule has 166 valence electrons. The van der Waals surface area contributed by atoms with E-state index in [0.717, 1.165) is 11.4 Å². The van der Waals surface area contributed by atoms with Gasteiger partial charge in [0, 0.05) is 42.8 Å². The van der Waals surface area contributed by atoms with Gasteiger partial charge in [0.1, 0.15) is 23.8 Å². The van der Waals surface area contributed by atoms with E-state index >= 15 is 0 Å². The molecule has 3 aromatic rings. The fraction of sp³-hybridized carbons (Fsp3) is 0.174. The van der Waals surface area contributed by atoms with Crippen LogP contribution in [0.1, 0.15) is 0 Å². The third-order valence-corrected chi connectivity index (χ3v) is 4.72. The van der Waals surface area contributed by atoms with Crippen molar-refractivity contribution in [1.82, 2.24) is 14.9 Å². The van der Waals surface area contributed by atoms with E-state index in [-0.39, 0.29) is 10.9 Å². The predicted octanol–water partition coefficient (Wildman–Crippen LogP) is 4.84. The summed E-state index contributed by atoms with van der Waals surface area (Å²) in [6.45, 7) is 0.690. The quantitative estimate of drug-likeness (QED) is 0.474. The summed E-state index contributed by atoms with van der Waals surface area (Å²) in [6, 6.07) is 13.5. The monoisotopic (exact) mass is 454 g/mol. The van der Waals surface area contributed by atoms with Crippen LogP contribution in [0.5, 0.6) is 0 Å². The van der Waals surface area contributed by atoms with Crippen molar-refractivity contribution in [3.63, 3.8) is 0 Å². The number of nitrogens with one attached hydrogen (secondary N) is 2. The molecule has 0 aliphatic heterocycles. The zero-order valence-electron chi connectivity index (χ0n) is 18.0. The molecule has 3 rings (SSSR count). The van der Waals surface area contributed by atoms with Gasteiger partial charge in [-0.1, -0.05) is 23.7 Å². The molecule has 0 saturated carbocycles. The van der Waals surface area contributed by atoms with Gasteiger partial charge >= 0.3 is 0 Å². The average molecular weight is 455 g/mol. The van der Waals surface area contributed by atoms with Crippen LogP contribution in [-0.2, 0) is 4.79 Å². The van der Waals surface area contributed by atoms with Crippen LogP contribution in [0.2, 0.25) is 5.02 Å². The Morgan fingerprint density at radius 3 is 2.38 bits per heavy atom. The van der Waals surface area contributed by atoms with E-state index in [1.54, 1.807) is 30.2 Å². The predicted molar refractivity (Wildman–Crippen MR) is 128 cm³/mol. The topological polar surface area (TPSA) is 73.4 Å². The normalized spacial score (nSPS) is 11.1. The highest BCUT2D eigenvalue weighted by molar-refractivity contribution is 6.31. The third-order valence-electron chi connectivity index (χ3n) is 4.43. The minimum absolute atomic E-state index is 0.0226. The number of carbonyl (C=O) groups is 1. The average Bonchev–Trinajstić information content (AvgIpc) is 2.76. The molecule has 9 heteroatoms. The maximum atomic E-state index is 13.4. The largest absolute Gasteiger partial charge is 0.340 e. The first kappa shape index (κ1) is 23.2. The standard InChI is InChI=1S/C23H24ClFN6O/c1-30(2)11-5-8-23(32)31(3)18-7-4-6-16(12-18)28-21-14-22(27-15-26-21)29-17-9-10-20(25)19(24)13-17/h4-10,12-15H,11H2,1-3H3,(H2,26,27,28,29)/b8-5+. The van der Waals surface area contributed by atoms with E-state index < -0.39 is 5.82 Å². The molecule has 0 atom stereocenters. The smallest absolute Gasteiger partial charge is 0.250 e. The molecule has 2 aromatic carbocycles. The SMILES string of the molecule is CN(C)C/C=C/C(=O)N(C)c1cccc(Nc2cc(Nc3ccc(F)c(Cl)c3)ncn2)c1. The number of likely N-dealkylation sites (N-methyl/N-ethyl adjacent to an activating group) is 2. The molecule has 1 heterocycles. The molecular weight excluding hydrogens is 431 g/mol. The van der Waals surface area contributed by atoms with Gasteiger partial charge in [0.2, 0.25) is 5.91 Å². The van der Waals surface area contributed by atoms with Gasteiger partial charge in [-0.3, -0.25) is 4.79 Å². The molecule has 0 aliphatic rings. The molecule has 0 spiro atoms. The molecule has 7 nitrogen and oxygen atoms in total. The molecule has 2 N–H and O–H groups in total. The maximum absolute atomic E-state index is 13.4. The Kier molecular flexibility index (Phi) is 7.75. The van der Waals surface area contributed by atoms with E-state index in [4.69, 9.17) is 11.6 Å². The Morgan fingerprint density at radius 1 is 1.03 bits per heavy atom. The van der Waals surface area contributed by atoms with Gasteiger partial charge in [0.25, 0.3) is 0 Å². The van der Waals surface area contributed by atoms with Gasteiger partial charge in [-0.05, 0) is 50.5 Å². The lowest BCUT2D eigenvalue weighted by atomic mass is 10.2. The summed E-state index contributed by atoms with van der Waals surface area (Å²) in [7, 11) is 5.61. The number of nitrogens with zero attached hydrogens (tertiary/aromatic N) is 4. The molecular formula is C23H24ClFN6O. The first-order valence-electron chi connectivity index (χ1n) is 9.82. The number of hydrogen-bond acceptors (Lipinski definition) is 6. The number of rotatable bonds is 8. The number of hydrogen-bond donors (Lipinski definition) is 2. The summed E-state index contributed by atoms with van der Waals surface area (Å²) >= 11 is 5.83. The van der Waals surface area contributed by atoms with Crippen LogP contribution >= 0.6 is 11.6 Å². The van der Waals surface area contributed by atoms with Crippen molar-refractivity contribution in [2.75, 3.05) is 43.2 Å². The minimum Gasteiger partial charge on any atom is -0.340 e. The Morgan fingerprint density at radius 2 is 1.72 bits per heavy atom. The van der Waals surface area contributed by atoms with Gasteiger partial charge in [-0.15, -0.1) is 0 Å². The van der Waals surface area contributed by atoms with Crippen molar-refractivity contribution < 1.29 is 9.18 Å². The van der Waals surface area contributed by atoms with Crippen LogP contribution in [0.4, 0.5) is 33.1 Å². The van der Waals surface area contributed by atoms with Crippen molar-refractivity contribution >= 4 is 46.2 Å². The van der Waals surface area contributed by atoms with Gasteiger partial charge in [-0.25, -0.2) is 14.4 Å². The van der Waals surface area contributed by atoms with Gasteiger partial charge in [-0.2, -0.15) is 0 Å². The number of anilines is 5. The molecule has 1 aromatic heterocycles. The first-order valence-corrected chi connectivity index (χ1v) is 10.2. The molecule has 32 heavy (non-hydrogen) atoms. The fourth-order valence-corrected chi connectivity index (χ4v) is 2.94. The summed E-state index contributed by atoms with van der Waals surface area (Å²) in [5.74, 6) is 0.460. The number of benzene rings is 2. The first-order chi connectivity index (χ1) is 15.3. The van der Waals surface area contributed by atoms with Crippen LogP contribution in [0.25, 0.3) is 0 Å². The molecule has 1 amide bonds. The lowest BCUT2D eigenvalue weighted by molar-refractivity contribution is -0.113. The second-order valence-corrected chi connectivity index (χ2v) is 7.69. The highest BCUT2D eigenvalue weighted by Crippen LogP contribution is 2.25. The van der Waals surface area contributed by atoms with E-state index in [2.05, 4.69) is 20.6 Å². The van der Waals surface area contributed by atoms with Crippen LogP contribution in [-0.4, -0.2) is 48.5 Å². The van der Waals surface area contributed by atoms with Crippen molar-refractivity contribution in [3.8, 4) is 0 Å². The van der Waals surface area contributed by atoms with E-state index in [9.17, 15) is 9.18 Å². The fourth-order valence-electron chi connectivity index (χ4n) is 2.76. The van der Waals surface area contributed by atoms with E-state index in [0.29, 0.717) is 23.9 Å². The number of amides is 1. The lowest BCUT2D eigenvalue weighted by Gasteiger charge is -2.17. The number of aromatic nitrogens is 2. The summed E-state index contributed by atoms with van der Waals surface area (Å²) in [5, 5.41) is 6.29. The van der Waals surface area contributed by atoms with Crippen LogP contribution in [0.15, 0.2) is 67.0 Å². The van der Waals surface area contributed by atoms with Gasteiger partial charge in [0.15, 0.2) is 0 Å². The Bertz CT molecular complexity index is 1120. The Balaban J connectivity index is 1.70. The molecule has 0 fully saturated rings. The zero-order chi connectivity index (χ0) is 23.1. The second kappa shape index (κ2) is 10.7. The molecule has 0 aliphatic carbocycles. The van der Waals surface area contributed by atoms with Crippen LogP contribution in [0.3, 0.4) is 0 Å². The molecule has 0 radical (unpaired) electrons. The highest BCUT2D eigenvalue weighted by atomic mass is 35.5. The highest BCUT2D eigenvalue weighted by Gasteiger charge is 2.09. The molecule has 0 bridgehead atoms. The van der Waals surface area contributed by atoms with Crippen molar-refractivity contribution in [3.05, 3.63) is 77.9 Å². The van der Waals surface area contributed by atoms with Crippen molar-refractivity contribution in [2.45, 2.75) is 0 Å². The zero-order valence-corrected chi connectivity index (χ0v) is 18.8. The second-order valence-electron chi connectivity index (χ2n) is 7.28. The summed E-state index contributed by atoms with van der Waals surface area (Å²) in [6.07, 6.45) is 4.79. The Hall–Kier alpha value is -3.49. The van der Waals surface area contributed by atoms with E-state index in [1.165, 1.54) is 18.5 Å². The summed E-state index contributed by atoms with van der Waals surface area (Å²) in [5.41, 5.74) is 2.10. The van der Waals surface area contributed by atoms with Crippen LogP contribution < -0.4 is 15.5 Å². The maximum Gasteiger partial charge on any atom is 0.250 e. The summed E-state index contributed by atoms with van der Waals surface area (Å²) in [4.78, 5) is 24.3. The molecule has 0 saturated heterocycles. The van der Waals surface area contributed by atoms with Crippen LogP contribution in [0, 0.1) is 5.82 Å². The van der Waals surface area contributed by atoms with Crippen molar-refractivity contribution in [1.29, 1.82) is 0 Å². The minimum atomic E-state index is -0.487. The van der Waals surface area contributed by atoms with Crippen molar-refractivity contribution in [2.24, 2.45) is 0 Å². The Labute approximate surface area is 191 Å². The van der Waals surface area contributed by atoms with Gasteiger partial charge < -0.3 is 20.4 Å². The molecule has 0 unspecified atom stereocenters. The number of carbonyl (C=O) groups excluding carboxylic acids is 1. The number of halogens is 2. The van der Waals surface area contributed by atoms with Gasteiger partial charge in [0.05, 0.1) is 5.02 Å². The van der Waals surface area contributed by atoms with E-state index in [1.807, 2.05) is 49.3 Å².